The molecule has 1 amide bonds. The van der Waals surface area contributed by atoms with E-state index in [0.717, 1.165) is 25.7 Å². The largest absolute Gasteiger partial charge is 0.481 e. The molecule has 0 aromatic carbocycles. The first-order chi connectivity index (χ1) is 8.81. The summed E-state index contributed by atoms with van der Waals surface area (Å²) in [5.41, 5.74) is 5.70. The van der Waals surface area contributed by atoms with Gasteiger partial charge in [-0.25, -0.2) is 0 Å². The zero-order valence-corrected chi connectivity index (χ0v) is 11.9. The van der Waals surface area contributed by atoms with E-state index >= 15 is 0 Å². The van der Waals surface area contributed by atoms with Crippen LogP contribution in [0.15, 0.2) is 0 Å². The maximum Gasteiger partial charge on any atom is 0.303 e. The summed E-state index contributed by atoms with van der Waals surface area (Å²) in [6.45, 7) is 4.54. The number of carbonyl (C=O) groups excluding carboxylic acids is 1. The Morgan fingerprint density at radius 1 is 1.37 bits per heavy atom. The fourth-order valence-electron chi connectivity index (χ4n) is 2.60. The minimum atomic E-state index is -0.811. The first-order valence-corrected chi connectivity index (χ1v) is 7.08. The molecule has 1 aliphatic carbocycles. The van der Waals surface area contributed by atoms with Crippen molar-refractivity contribution in [2.24, 2.45) is 17.6 Å². The van der Waals surface area contributed by atoms with Crippen LogP contribution in [0.2, 0.25) is 0 Å². The quantitative estimate of drug-likeness (QED) is 0.623. The summed E-state index contributed by atoms with van der Waals surface area (Å²) in [4.78, 5) is 22.6. The zero-order valence-electron chi connectivity index (χ0n) is 11.9. The molecule has 0 heterocycles. The van der Waals surface area contributed by atoms with Gasteiger partial charge in [0, 0.05) is 24.9 Å². The van der Waals surface area contributed by atoms with Crippen molar-refractivity contribution in [2.75, 3.05) is 6.54 Å². The number of aliphatic carboxylic acids is 1. The lowest BCUT2D eigenvalue weighted by Crippen LogP contribution is -2.50. The summed E-state index contributed by atoms with van der Waals surface area (Å²) in [6.07, 6.45) is 4.18. The van der Waals surface area contributed by atoms with Gasteiger partial charge in [-0.2, -0.15) is 0 Å². The Balaban J connectivity index is 2.33. The minimum Gasteiger partial charge on any atom is -0.481 e. The predicted octanol–water partition coefficient (Wildman–Crippen LogP) is 1.51. The molecule has 1 atom stereocenters. The van der Waals surface area contributed by atoms with Crippen molar-refractivity contribution in [3.63, 3.8) is 0 Å². The zero-order chi connectivity index (χ0) is 14.5. The molecule has 19 heavy (non-hydrogen) atoms. The molecule has 0 bridgehead atoms. The molecule has 0 aromatic heterocycles. The Kier molecular flexibility index (Phi) is 5.79. The van der Waals surface area contributed by atoms with Crippen molar-refractivity contribution in [2.45, 2.75) is 57.9 Å². The number of hydrogen-bond acceptors (Lipinski definition) is 3. The molecule has 0 aliphatic heterocycles. The topological polar surface area (TPSA) is 92.4 Å². The monoisotopic (exact) mass is 270 g/mol. The smallest absolute Gasteiger partial charge is 0.303 e. The molecule has 5 nitrogen and oxygen atoms in total. The van der Waals surface area contributed by atoms with E-state index in [9.17, 15) is 9.59 Å². The Hall–Kier alpha value is -1.10. The van der Waals surface area contributed by atoms with Gasteiger partial charge >= 0.3 is 5.97 Å². The molecule has 1 saturated carbocycles. The molecule has 0 radical (unpaired) electrons. The Morgan fingerprint density at radius 3 is 2.42 bits per heavy atom. The highest BCUT2D eigenvalue weighted by Gasteiger charge is 2.34. The molecule has 0 saturated heterocycles. The van der Waals surface area contributed by atoms with E-state index in [2.05, 4.69) is 19.2 Å². The molecule has 5 heteroatoms. The van der Waals surface area contributed by atoms with Crippen LogP contribution < -0.4 is 11.1 Å². The SMILES string of the molecule is CC(C)C[C@H](CNC(=O)CC1(N)CCC1)CC(=O)O. The van der Waals surface area contributed by atoms with Crippen LogP contribution >= 0.6 is 0 Å². The molecule has 0 spiro atoms. The number of carbonyl (C=O) groups is 2. The van der Waals surface area contributed by atoms with Crippen molar-refractivity contribution in [1.29, 1.82) is 0 Å². The van der Waals surface area contributed by atoms with Crippen LogP contribution in [-0.2, 0) is 9.59 Å². The highest BCUT2D eigenvalue weighted by molar-refractivity contribution is 5.77. The van der Waals surface area contributed by atoms with Crippen LogP contribution in [-0.4, -0.2) is 29.1 Å². The number of carboxylic acid groups (broad SMARTS) is 1. The third-order valence-corrected chi connectivity index (χ3v) is 3.72. The van der Waals surface area contributed by atoms with Crippen molar-refractivity contribution < 1.29 is 14.7 Å². The molecular formula is C14H26N2O3. The van der Waals surface area contributed by atoms with E-state index in [1.807, 2.05) is 0 Å². The third-order valence-electron chi connectivity index (χ3n) is 3.72. The fourth-order valence-corrected chi connectivity index (χ4v) is 2.60. The van der Waals surface area contributed by atoms with Crippen LogP contribution in [0.25, 0.3) is 0 Å². The first kappa shape index (κ1) is 16.0. The van der Waals surface area contributed by atoms with Gasteiger partial charge in [0.1, 0.15) is 0 Å². The van der Waals surface area contributed by atoms with E-state index in [1.165, 1.54) is 0 Å². The molecule has 1 fully saturated rings. The van der Waals surface area contributed by atoms with Crippen molar-refractivity contribution in [1.82, 2.24) is 5.32 Å². The second-order valence-electron chi connectivity index (χ2n) is 6.29. The Bertz CT molecular complexity index is 325. The normalized spacial score (nSPS) is 18.7. The Labute approximate surface area is 114 Å². The number of amides is 1. The van der Waals surface area contributed by atoms with E-state index in [1.54, 1.807) is 0 Å². The van der Waals surface area contributed by atoms with Crippen LogP contribution in [0.3, 0.4) is 0 Å². The molecule has 0 aromatic rings. The number of nitrogens with two attached hydrogens (primary N) is 1. The number of carboxylic acids is 1. The van der Waals surface area contributed by atoms with E-state index in [4.69, 9.17) is 10.8 Å². The molecule has 4 N–H and O–H groups in total. The van der Waals surface area contributed by atoms with Crippen molar-refractivity contribution in [3.05, 3.63) is 0 Å². The first-order valence-electron chi connectivity index (χ1n) is 7.08. The van der Waals surface area contributed by atoms with Gasteiger partial charge in [0.2, 0.25) is 5.91 Å². The van der Waals surface area contributed by atoms with Gasteiger partial charge in [0.05, 0.1) is 0 Å². The van der Waals surface area contributed by atoms with Crippen LogP contribution in [0, 0.1) is 11.8 Å². The lowest BCUT2D eigenvalue weighted by molar-refractivity contribution is -0.138. The number of rotatable bonds is 8. The van der Waals surface area contributed by atoms with Crippen molar-refractivity contribution in [3.8, 4) is 0 Å². The minimum absolute atomic E-state index is 0.00318. The third kappa shape index (κ3) is 6.05. The van der Waals surface area contributed by atoms with Crippen molar-refractivity contribution >= 4 is 11.9 Å². The Morgan fingerprint density at radius 2 is 2.00 bits per heavy atom. The summed E-state index contributed by atoms with van der Waals surface area (Å²) in [5.74, 6) is -0.444. The van der Waals surface area contributed by atoms with Crippen LogP contribution in [0.4, 0.5) is 0 Å². The number of nitrogens with one attached hydrogen (secondary N) is 1. The second-order valence-corrected chi connectivity index (χ2v) is 6.29. The van der Waals surface area contributed by atoms with Gasteiger partial charge < -0.3 is 16.2 Å². The molecule has 1 rings (SSSR count). The summed E-state index contributed by atoms with van der Waals surface area (Å²) in [5, 5.41) is 11.7. The average Bonchev–Trinajstić information content (AvgIpc) is 2.22. The van der Waals surface area contributed by atoms with Crippen LogP contribution in [0.1, 0.15) is 52.4 Å². The van der Waals surface area contributed by atoms with Crippen LogP contribution in [0.5, 0.6) is 0 Å². The standard InChI is InChI=1S/C14H26N2O3/c1-10(2)6-11(7-13(18)19)9-16-12(17)8-14(15)4-3-5-14/h10-11H,3-9,15H2,1-2H3,(H,16,17)(H,18,19)/t11-/m0/s1. The molecular weight excluding hydrogens is 244 g/mol. The lowest BCUT2D eigenvalue weighted by atomic mass is 9.75. The van der Waals surface area contributed by atoms with Gasteiger partial charge in [-0.3, -0.25) is 9.59 Å². The highest BCUT2D eigenvalue weighted by atomic mass is 16.4. The van der Waals surface area contributed by atoms with E-state index in [0.29, 0.717) is 18.9 Å². The molecule has 1 aliphatic rings. The predicted molar refractivity (Wildman–Crippen MR) is 73.6 cm³/mol. The van der Waals surface area contributed by atoms with E-state index in [-0.39, 0.29) is 23.8 Å². The summed E-state index contributed by atoms with van der Waals surface area (Å²) in [6, 6.07) is 0. The van der Waals surface area contributed by atoms with Gasteiger partial charge in [0.15, 0.2) is 0 Å². The summed E-state index contributed by atoms with van der Waals surface area (Å²) < 4.78 is 0. The maximum absolute atomic E-state index is 11.8. The van der Waals surface area contributed by atoms with Gasteiger partial charge in [0.25, 0.3) is 0 Å². The lowest BCUT2D eigenvalue weighted by Gasteiger charge is -2.37. The maximum atomic E-state index is 11.8. The number of hydrogen-bond donors (Lipinski definition) is 3. The summed E-state index contributed by atoms with van der Waals surface area (Å²) >= 11 is 0. The fraction of sp³-hybridized carbons (Fsp3) is 0.857. The van der Waals surface area contributed by atoms with Gasteiger partial charge in [-0.05, 0) is 37.5 Å². The molecule has 110 valence electrons. The molecule has 0 unspecified atom stereocenters. The highest BCUT2D eigenvalue weighted by Crippen LogP contribution is 2.31. The van der Waals surface area contributed by atoms with E-state index < -0.39 is 5.97 Å². The van der Waals surface area contributed by atoms with Gasteiger partial charge in [-0.15, -0.1) is 0 Å². The average molecular weight is 270 g/mol. The van der Waals surface area contributed by atoms with Gasteiger partial charge in [-0.1, -0.05) is 13.8 Å². The summed E-state index contributed by atoms with van der Waals surface area (Å²) in [7, 11) is 0. The second kappa shape index (κ2) is 6.89.